The normalized spacial score (nSPS) is 19.6. The van der Waals surface area contributed by atoms with E-state index in [0.29, 0.717) is 35.5 Å². The van der Waals surface area contributed by atoms with Crippen molar-refractivity contribution in [3.63, 3.8) is 0 Å². The number of fused-ring (bicyclic) bond motifs is 1. The van der Waals surface area contributed by atoms with Gasteiger partial charge in [-0.3, -0.25) is 14.5 Å². The number of aliphatic hydroxyl groups is 1. The van der Waals surface area contributed by atoms with E-state index in [1.54, 1.807) is 34.8 Å². The van der Waals surface area contributed by atoms with Gasteiger partial charge < -0.3 is 29.9 Å². The zero-order valence-electron chi connectivity index (χ0n) is 34.2. The fourth-order valence-electron chi connectivity index (χ4n) is 9.14. The van der Waals surface area contributed by atoms with Gasteiger partial charge in [0.1, 0.15) is 22.5 Å². The maximum atomic E-state index is 14.2. The summed E-state index contributed by atoms with van der Waals surface area (Å²) in [5, 5.41) is 38.5. The average molecular weight is 847 g/mol. The first-order chi connectivity index (χ1) is 29.0. The predicted octanol–water partition coefficient (Wildman–Crippen LogP) is 6.88. The second-order valence-corrected chi connectivity index (χ2v) is 18.7. The molecule has 0 saturated carbocycles. The molecule has 4 aromatic heterocycles. The summed E-state index contributed by atoms with van der Waals surface area (Å²) in [4.78, 5) is 41.9. The molecule has 3 aliphatic rings. The van der Waals surface area contributed by atoms with Gasteiger partial charge in [-0.15, -0.1) is 32.9 Å². The highest BCUT2D eigenvalue weighted by molar-refractivity contribution is 7.19. The van der Waals surface area contributed by atoms with Crippen LogP contribution in [0.5, 0.6) is 5.75 Å². The highest BCUT2D eigenvalue weighted by Gasteiger charge is 2.44. The number of aliphatic hydroxyl groups excluding tert-OH is 1. The third-order valence-corrected chi connectivity index (χ3v) is 14.9. The number of hydrogen-bond donors (Lipinski definition) is 3. The SMILES string of the molecule is Cc1ncsc1-c1ccc(CNC(=O)[C@@H]2C[C@@H](O)CN2C(=O)[C@@H](c2cc(N3CCC(N4CC(c5sc6nnc(-c7ccccc7O)cc6c5C)C4)CC3)no2)C(C)C)cc1. The van der Waals surface area contributed by atoms with Crippen LogP contribution in [0, 0.1) is 19.8 Å². The number of thiophene rings is 1. The molecule has 0 spiro atoms. The zero-order valence-corrected chi connectivity index (χ0v) is 35.9. The van der Waals surface area contributed by atoms with Gasteiger partial charge in [0.05, 0.1) is 27.9 Å². The first-order valence-electron chi connectivity index (χ1n) is 20.8. The Morgan fingerprint density at radius 2 is 1.77 bits per heavy atom. The van der Waals surface area contributed by atoms with E-state index in [1.165, 1.54) is 15.3 Å². The Morgan fingerprint density at radius 1 is 1.00 bits per heavy atom. The minimum atomic E-state index is -0.791. The van der Waals surface area contributed by atoms with E-state index in [9.17, 15) is 19.8 Å². The molecule has 13 nitrogen and oxygen atoms in total. The van der Waals surface area contributed by atoms with E-state index in [4.69, 9.17) is 4.52 Å². The van der Waals surface area contributed by atoms with Crippen molar-refractivity contribution in [3.05, 3.63) is 93.6 Å². The van der Waals surface area contributed by atoms with Gasteiger partial charge >= 0.3 is 0 Å². The van der Waals surface area contributed by atoms with Gasteiger partial charge in [-0.25, -0.2) is 4.98 Å². The van der Waals surface area contributed by atoms with Crippen LogP contribution in [0.4, 0.5) is 5.82 Å². The molecule has 7 heterocycles. The van der Waals surface area contributed by atoms with E-state index in [-0.39, 0.29) is 36.4 Å². The number of carbonyl (C=O) groups excluding carboxylic acids is 2. The molecule has 60 heavy (non-hydrogen) atoms. The number of aryl methyl sites for hydroxylation is 2. The first-order valence-corrected chi connectivity index (χ1v) is 22.5. The number of anilines is 1. The number of amides is 2. The van der Waals surface area contributed by atoms with Crippen LogP contribution in [0.15, 0.2) is 70.7 Å². The Balaban J connectivity index is 0.791. The summed E-state index contributed by atoms with van der Waals surface area (Å²) in [5.74, 6) is 0.562. The van der Waals surface area contributed by atoms with E-state index in [0.717, 1.165) is 76.8 Å². The maximum Gasteiger partial charge on any atom is 0.243 e. The molecule has 0 bridgehead atoms. The van der Waals surface area contributed by atoms with Crippen LogP contribution >= 0.6 is 22.7 Å². The fourth-order valence-corrected chi connectivity index (χ4v) is 11.1. The summed E-state index contributed by atoms with van der Waals surface area (Å²) in [6.07, 6.45) is 1.39. The molecule has 0 aliphatic carbocycles. The van der Waals surface area contributed by atoms with Gasteiger partial charge in [0, 0.05) is 79.5 Å². The highest BCUT2D eigenvalue weighted by Crippen LogP contribution is 2.42. The molecule has 3 saturated heterocycles. The number of β-amino-alcohol motifs (C(OH)–C–C–N with tert-alkyl or cyclic N) is 1. The number of piperidine rings is 1. The number of para-hydroxylation sites is 1. The van der Waals surface area contributed by atoms with Crippen LogP contribution in [0.3, 0.4) is 0 Å². The Hall–Kier alpha value is -5.22. The van der Waals surface area contributed by atoms with E-state index < -0.39 is 18.1 Å². The Labute approximate surface area is 357 Å². The lowest BCUT2D eigenvalue weighted by atomic mass is 9.90. The van der Waals surface area contributed by atoms with Crippen molar-refractivity contribution in [1.29, 1.82) is 0 Å². The summed E-state index contributed by atoms with van der Waals surface area (Å²) >= 11 is 3.33. The lowest BCUT2D eigenvalue weighted by Gasteiger charge is -2.47. The van der Waals surface area contributed by atoms with Gasteiger partial charge in [0.15, 0.2) is 11.6 Å². The number of nitrogens with one attached hydrogen (secondary N) is 1. The number of hydrogen-bond acceptors (Lipinski definition) is 13. The first kappa shape index (κ1) is 40.2. The van der Waals surface area contributed by atoms with Crippen LogP contribution in [0.2, 0.25) is 0 Å². The molecular weight excluding hydrogens is 797 g/mol. The minimum absolute atomic E-state index is 0.0893. The summed E-state index contributed by atoms with van der Waals surface area (Å²) < 4.78 is 5.90. The molecule has 2 amide bonds. The van der Waals surface area contributed by atoms with Crippen LogP contribution in [0.25, 0.3) is 31.9 Å². The summed E-state index contributed by atoms with van der Waals surface area (Å²) in [5.41, 5.74) is 7.46. The van der Waals surface area contributed by atoms with Crippen molar-refractivity contribution in [2.45, 2.75) is 83.5 Å². The number of carbonyl (C=O) groups is 2. The topological polar surface area (TPSA) is 161 Å². The number of benzene rings is 2. The Morgan fingerprint density at radius 3 is 2.48 bits per heavy atom. The van der Waals surface area contributed by atoms with Crippen molar-refractivity contribution in [2.75, 3.05) is 37.6 Å². The van der Waals surface area contributed by atoms with Crippen LogP contribution in [0.1, 0.15) is 72.4 Å². The van der Waals surface area contributed by atoms with Crippen molar-refractivity contribution < 1.29 is 24.3 Å². The molecule has 3 aliphatic heterocycles. The van der Waals surface area contributed by atoms with Gasteiger partial charge in [0.25, 0.3) is 0 Å². The van der Waals surface area contributed by atoms with E-state index in [1.807, 2.05) is 74.8 Å². The molecule has 3 fully saturated rings. The second-order valence-electron chi connectivity index (χ2n) is 16.8. The van der Waals surface area contributed by atoms with E-state index in [2.05, 4.69) is 42.4 Å². The van der Waals surface area contributed by atoms with Crippen LogP contribution in [-0.4, -0.2) is 103 Å². The summed E-state index contributed by atoms with van der Waals surface area (Å²) in [7, 11) is 0. The maximum absolute atomic E-state index is 14.2. The number of thiazole rings is 1. The third kappa shape index (κ3) is 7.79. The van der Waals surface area contributed by atoms with Crippen LogP contribution < -0.4 is 10.2 Å². The molecule has 15 heteroatoms. The molecule has 3 atom stereocenters. The number of nitrogens with zero attached hydrogens (tertiary/aromatic N) is 7. The monoisotopic (exact) mass is 846 g/mol. The van der Waals surface area contributed by atoms with Gasteiger partial charge in [-0.05, 0) is 67.5 Å². The van der Waals surface area contributed by atoms with Gasteiger partial charge in [0.2, 0.25) is 11.8 Å². The molecule has 3 N–H and O–H groups in total. The lowest BCUT2D eigenvalue weighted by molar-refractivity contribution is -0.141. The smallest absolute Gasteiger partial charge is 0.243 e. The van der Waals surface area contributed by atoms with Crippen LogP contribution in [-0.2, 0) is 16.1 Å². The summed E-state index contributed by atoms with van der Waals surface area (Å²) in [6, 6.07) is 18.9. The molecule has 2 aromatic carbocycles. The molecule has 0 radical (unpaired) electrons. The number of aromatic hydroxyl groups is 1. The minimum Gasteiger partial charge on any atom is -0.507 e. The van der Waals surface area contributed by atoms with Gasteiger partial charge in [-0.1, -0.05) is 55.4 Å². The predicted molar refractivity (Wildman–Crippen MR) is 233 cm³/mol. The number of aromatic nitrogens is 4. The molecule has 312 valence electrons. The molecule has 0 unspecified atom stereocenters. The van der Waals surface area contributed by atoms with Crippen molar-refractivity contribution in [2.24, 2.45) is 5.92 Å². The highest BCUT2D eigenvalue weighted by atomic mass is 32.1. The number of likely N-dealkylation sites (tertiary alicyclic amines) is 2. The van der Waals surface area contributed by atoms with Crippen molar-refractivity contribution in [3.8, 4) is 27.4 Å². The van der Waals surface area contributed by atoms with Gasteiger partial charge in [-0.2, -0.15) is 0 Å². The second kappa shape index (κ2) is 16.7. The number of rotatable bonds is 11. The standard InChI is InChI=1S/C45H50N8O5S2/c1-25(2)40(45(57)53-23-32(54)17-36(53)43(56)46-20-28-9-11-29(12-10-28)42-27(4)47-24-59-42)38-19-39(50-58-38)51-15-13-31(14-16-51)52-21-30(22-52)41-26(3)34-18-35(48-49-44(34)60-41)33-7-5-6-8-37(33)55/h5-12,18-19,24-25,30-32,36,40,54-55H,13-17,20-23H2,1-4H3,(H,46,56)/t32-,36+,40-/m1/s1. The lowest BCUT2D eigenvalue weighted by Crippen LogP contribution is -2.54. The Bertz CT molecular complexity index is 2500. The number of phenols is 1. The van der Waals surface area contributed by atoms with Crippen molar-refractivity contribution in [1.82, 2.24) is 35.5 Å². The molecule has 6 aromatic rings. The quantitative estimate of drug-likeness (QED) is 0.125. The molecular formula is C45H50N8O5S2. The largest absolute Gasteiger partial charge is 0.507 e. The van der Waals surface area contributed by atoms with Crippen molar-refractivity contribution >= 4 is 50.5 Å². The average Bonchev–Trinajstić information content (AvgIpc) is 4.04. The fraction of sp³-hybridized carbons (Fsp3) is 0.422. The number of phenolic OH excluding ortho intramolecular Hbond substituents is 1. The van der Waals surface area contributed by atoms with E-state index >= 15 is 0 Å². The summed E-state index contributed by atoms with van der Waals surface area (Å²) in [6.45, 7) is 12.2. The molecule has 9 rings (SSSR count). The zero-order chi connectivity index (χ0) is 41.7. The Kier molecular flexibility index (Phi) is 11.2. The third-order valence-electron chi connectivity index (χ3n) is 12.6.